The molecule has 0 unspecified atom stereocenters. The fourth-order valence-electron chi connectivity index (χ4n) is 3.00. The summed E-state index contributed by atoms with van der Waals surface area (Å²) in [5.74, 6) is 2.06. The number of β-amino-alcohol motifs (C(OH)–C–C–N with tert-alkyl or cyclic N) is 1. The number of ether oxygens (including phenoxy) is 2. The van der Waals surface area contributed by atoms with Crippen LogP contribution in [0.3, 0.4) is 0 Å². The number of rotatable bonds is 6. The van der Waals surface area contributed by atoms with Crippen molar-refractivity contribution in [2.45, 2.75) is 6.10 Å². The number of aromatic nitrogens is 2. The molecule has 7 heteroatoms. The molecule has 1 aromatic heterocycles. The predicted octanol–water partition coefficient (Wildman–Crippen LogP) is 1.35. The van der Waals surface area contributed by atoms with Crippen LogP contribution in [-0.2, 0) is 0 Å². The Morgan fingerprint density at radius 1 is 1.04 bits per heavy atom. The first-order valence-corrected chi connectivity index (χ1v) is 8.35. The van der Waals surface area contributed by atoms with Crippen LogP contribution >= 0.6 is 0 Å². The Hall–Kier alpha value is -2.38. The zero-order valence-corrected chi connectivity index (χ0v) is 14.6. The number of aliphatic hydroxyl groups is 1. The normalized spacial score (nSPS) is 16.5. The van der Waals surface area contributed by atoms with Crippen molar-refractivity contribution in [3.8, 4) is 11.5 Å². The lowest BCUT2D eigenvalue weighted by Gasteiger charge is -2.35. The van der Waals surface area contributed by atoms with Gasteiger partial charge in [0.05, 0.1) is 20.3 Å². The summed E-state index contributed by atoms with van der Waals surface area (Å²) in [6.45, 7) is 4.01. The minimum atomic E-state index is -0.570. The molecule has 2 aromatic rings. The Morgan fingerprint density at radius 3 is 2.36 bits per heavy atom. The maximum Gasteiger partial charge on any atom is 0.225 e. The summed E-state index contributed by atoms with van der Waals surface area (Å²) in [6, 6.07) is 7.35. The van der Waals surface area contributed by atoms with Gasteiger partial charge in [0.25, 0.3) is 0 Å². The van der Waals surface area contributed by atoms with Gasteiger partial charge in [-0.1, -0.05) is 6.07 Å². The predicted molar refractivity (Wildman–Crippen MR) is 95.2 cm³/mol. The molecule has 0 radical (unpaired) electrons. The number of aliphatic hydroxyl groups excluding tert-OH is 1. The molecule has 7 nitrogen and oxygen atoms in total. The first-order valence-electron chi connectivity index (χ1n) is 8.35. The average molecular weight is 344 g/mol. The van der Waals surface area contributed by atoms with Crippen LogP contribution in [0.4, 0.5) is 5.95 Å². The highest BCUT2D eigenvalue weighted by molar-refractivity contribution is 5.43. The van der Waals surface area contributed by atoms with Gasteiger partial charge in [0.15, 0.2) is 11.5 Å². The molecule has 0 spiro atoms. The molecule has 0 saturated carbocycles. The lowest BCUT2D eigenvalue weighted by Crippen LogP contribution is -2.48. The van der Waals surface area contributed by atoms with Gasteiger partial charge >= 0.3 is 0 Å². The number of anilines is 1. The minimum absolute atomic E-state index is 0.570. The summed E-state index contributed by atoms with van der Waals surface area (Å²) in [6.07, 6.45) is 2.95. The van der Waals surface area contributed by atoms with Crippen molar-refractivity contribution >= 4 is 5.95 Å². The van der Waals surface area contributed by atoms with Crippen molar-refractivity contribution in [3.05, 3.63) is 42.2 Å². The van der Waals surface area contributed by atoms with Crippen molar-refractivity contribution < 1.29 is 14.6 Å². The third kappa shape index (κ3) is 4.18. The van der Waals surface area contributed by atoms with Crippen LogP contribution in [0.25, 0.3) is 0 Å². The first kappa shape index (κ1) is 17.4. The second kappa shape index (κ2) is 8.13. The zero-order valence-electron chi connectivity index (χ0n) is 14.6. The maximum absolute atomic E-state index is 10.6. The zero-order chi connectivity index (χ0) is 17.6. The van der Waals surface area contributed by atoms with Crippen LogP contribution in [0.15, 0.2) is 36.7 Å². The quantitative estimate of drug-likeness (QED) is 0.848. The van der Waals surface area contributed by atoms with Gasteiger partial charge in [-0.15, -0.1) is 0 Å². The smallest absolute Gasteiger partial charge is 0.225 e. The molecule has 2 heterocycles. The molecule has 134 valence electrons. The molecule has 3 rings (SSSR count). The molecular formula is C18H24N4O3. The lowest BCUT2D eigenvalue weighted by molar-refractivity contribution is 0.109. The molecular weight excluding hydrogens is 320 g/mol. The van der Waals surface area contributed by atoms with E-state index in [9.17, 15) is 5.11 Å². The van der Waals surface area contributed by atoms with Gasteiger partial charge in [0.2, 0.25) is 5.95 Å². The third-order valence-corrected chi connectivity index (χ3v) is 4.43. The molecule has 1 fully saturated rings. The summed E-state index contributed by atoms with van der Waals surface area (Å²) >= 11 is 0. The Morgan fingerprint density at radius 2 is 1.72 bits per heavy atom. The number of nitrogens with zero attached hydrogens (tertiary/aromatic N) is 4. The highest BCUT2D eigenvalue weighted by Crippen LogP contribution is 2.30. The number of hydrogen-bond acceptors (Lipinski definition) is 7. The molecule has 0 bridgehead atoms. The summed E-state index contributed by atoms with van der Waals surface area (Å²) in [5.41, 5.74) is 0.825. The summed E-state index contributed by atoms with van der Waals surface area (Å²) in [4.78, 5) is 13.0. The minimum Gasteiger partial charge on any atom is -0.493 e. The van der Waals surface area contributed by atoms with Crippen LogP contribution in [0, 0.1) is 0 Å². The van der Waals surface area contributed by atoms with Crippen molar-refractivity contribution in [2.75, 3.05) is 51.8 Å². The Labute approximate surface area is 147 Å². The van der Waals surface area contributed by atoms with Crippen molar-refractivity contribution in [1.29, 1.82) is 0 Å². The monoisotopic (exact) mass is 344 g/mol. The molecule has 0 amide bonds. The average Bonchev–Trinajstić information content (AvgIpc) is 2.68. The summed E-state index contributed by atoms with van der Waals surface area (Å²) in [5, 5.41) is 10.6. The Balaban J connectivity index is 1.57. The van der Waals surface area contributed by atoms with E-state index in [2.05, 4.69) is 19.8 Å². The van der Waals surface area contributed by atoms with Gasteiger partial charge in [-0.2, -0.15) is 0 Å². The number of piperazine rings is 1. The van der Waals surface area contributed by atoms with Crippen LogP contribution in [-0.4, -0.2) is 66.9 Å². The molecule has 1 aliphatic rings. The van der Waals surface area contributed by atoms with Crippen LogP contribution in [0.2, 0.25) is 0 Å². The molecule has 1 atom stereocenters. The first-order chi connectivity index (χ1) is 12.2. The van der Waals surface area contributed by atoms with Crippen molar-refractivity contribution in [2.24, 2.45) is 0 Å². The van der Waals surface area contributed by atoms with Crippen LogP contribution in [0.1, 0.15) is 11.7 Å². The van der Waals surface area contributed by atoms with Gasteiger partial charge in [0.1, 0.15) is 0 Å². The summed E-state index contributed by atoms with van der Waals surface area (Å²) in [7, 11) is 3.20. The van der Waals surface area contributed by atoms with Gasteiger partial charge in [-0.05, 0) is 23.8 Å². The Bertz CT molecular complexity index is 675. The SMILES string of the molecule is COc1ccc([C@H](O)CN2CCN(c3ncccn3)CC2)cc1OC. The summed E-state index contributed by atoms with van der Waals surface area (Å²) < 4.78 is 10.6. The van der Waals surface area contributed by atoms with E-state index < -0.39 is 6.10 Å². The van der Waals surface area contributed by atoms with Crippen molar-refractivity contribution in [3.63, 3.8) is 0 Å². The highest BCUT2D eigenvalue weighted by Gasteiger charge is 2.21. The van der Waals surface area contributed by atoms with Gasteiger partial charge in [0, 0.05) is 45.1 Å². The molecule has 1 aliphatic heterocycles. The van der Waals surface area contributed by atoms with E-state index >= 15 is 0 Å². The second-order valence-corrected chi connectivity index (χ2v) is 5.97. The fourth-order valence-corrected chi connectivity index (χ4v) is 3.00. The number of methoxy groups -OCH3 is 2. The third-order valence-electron chi connectivity index (χ3n) is 4.43. The van der Waals surface area contributed by atoms with Gasteiger partial charge in [-0.3, -0.25) is 4.90 Å². The molecule has 1 saturated heterocycles. The van der Waals surface area contributed by atoms with Crippen LogP contribution < -0.4 is 14.4 Å². The second-order valence-electron chi connectivity index (χ2n) is 5.97. The highest BCUT2D eigenvalue weighted by atomic mass is 16.5. The molecule has 25 heavy (non-hydrogen) atoms. The van der Waals surface area contributed by atoms with E-state index in [4.69, 9.17) is 9.47 Å². The van der Waals surface area contributed by atoms with Crippen LogP contribution in [0.5, 0.6) is 11.5 Å². The molecule has 1 N–H and O–H groups in total. The van der Waals surface area contributed by atoms with Gasteiger partial charge < -0.3 is 19.5 Å². The lowest BCUT2D eigenvalue weighted by atomic mass is 10.1. The van der Waals surface area contributed by atoms with Gasteiger partial charge in [-0.25, -0.2) is 9.97 Å². The Kier molecular flexibility index (Phi) is 5.67. The standard InChI is InChI=1S/C18H24N4O3/c1-24-16-5-4-14(12-17(16)25-2)15(23)13-21-8-10-22(11-9-21)18-19-6-3-7-20-18/h3-7,12,15,23H,8-11,13H2,1-2H3/t15-/m1/s1. The van der Waals surface area contributed by atoms with Crippen molar-refractivity contribution in [1.82, 2.24) is 14.9 Å². The van der Waals surface area contributed by atoms with E-state index in [1.165, 1.54) is 0 Å². The number of hydrogen-bond donors (Lipinski definition) is 1. The van der Waals surface area contributed by atoms with E-state index in [1.807, 2.05) is 24.3 Å². The largest absolute Gasteiger partial charge is 0.493 e. The molecule has 0 aliphatic carbocycles. The molecule has 1 aromatic carbocycles. The van der Waals surface area contributed by atoms with E-state index in [0.717, 1.165) is 37.7 Å². The topological polar surface area (TPSA) is 71.0 Å². The fraction of sp³-hybridized carbons (Fsp3) is 0.444. The maximum atomic E-state index is 10.6. The number of benzene rings is 1. The van der Waals surface area contributed by atoms with E-state index in [-0.39, 0.29) is 0 Å². The van der Waals surface area contributed by atoms with E-state index in [0.29, 0.717) is 18.0 Å². The van der Waals surface area contributed by atoms with E-state index in [1.54, 1.807) is 26.6 Å².